The maximum Gasteiger partial charge on any atom is 0.408 e. The molecular formula is C31H51N3O6. The number of allylic oxidation sites excluding steroid dienone is 2. The van der Waals surface area contributed by atoms with Gasteiger partial charge in [0.05, 0.1) is 13.5 Å². The minimum atomic E-state index is -0.805. The number of carbonyl (C=O) groups excluding carboxylic acids is 4. The molecule has 1 aliphatic carbocycles. The number of ether oxygens (including phenoxy) is 2. The Hall–Kier alpha value is -2.84. The summed E-state index contributed by atoms with van der Waals surface area (Å²) in [4.78, 5) is 54.1. The predicted molar refractivity (Wildman–Crippen MR) is 155 cm³/mol. The zero-order chi connectivity index (χ0) is 30.1. The molecule has 3 unspecified atom stereocenters. The number of hydrogen-bond donors (Lipinski definition) is 2. The second-order valence-electron chi connectivity index (χ2n) is 12.7. The Morgan fingerprint density at radius 2 is 1.60 bits per heavy atom. The number of amides is 3. The first-order chi connectivity index (χ1) is 18.8. The van der Waals surface area contributed by atoms with Crippen molar-refractivity contribution in [2.24, 2.45) is 17.3 Å². The first-order valence-electron chi connectivity index (χ1n) is 14.7. The number of esters is 1. The van der Waals surface area contributed by atoms with Crippen molar-refractivity contribution >= 4 is 23.9 Å². The van der Waals surface area contributed by atoms with Crippen LogP contribution in [-0.4, -0.2) is 66.2 Å². The topological polar surface area (TPSA) is 114 Å². The van der Waals surface area contributed by atoms with E-state index in [1.807, 2.05) is 12.2 Å². The molecule has 1 saturated heterocycles. The third-order valence-corrected chi connectivity index (χ3v) is 8.10. The average Bonchev–Trinajstić information content (AvgIpc) is 3.19. The van der Waals surface area contributed by atoms with Gasteiger partial charge in [-0.25, -0.2) is 4.79 Å². The Balaban J connectivity index is 2.22. The highest BCUT2D eigenvalue weighted by atomic mass is 16.6. The molecule has 0 aromatic carbocycles. The number of methoxy groups -OCH3 is 1. The van der Waals surface area contributed by atoms with Crippen LogP contribution in [0.3, 0.4) is 0 Å². The first-order valence-corrected chi connectivity index (χ1v) is 14.7. The highest BCUT2D eigenvalue weighted by molar-refractivity contribution is 5.93. The van der Waals surface area contributed by atoms with E-state index < -0.39 is 29.8 Å². The SMILES string of the molecule is C=CCCCC[C@@H](CC(=O)OC)NC(=O)C1C2C(CN1C(=O)[C@H](CCCCC=C)NC(=O)OC(C)(C)C)C2(C)C. The zero-order valence-corrected chi connectivity index (χ0v) is 25.4. The molecule has 5 atom stereocenters. The van der Waals surface area contributed by atoms with Crippen molar-refractivity contribution in [2.45, 2.75) is 116 Å². The van der Waals surface area contributed by atoms with Gasteiger partial charge in [0, 0.05) is 12.6 Å². The number of fused-ring (bicyclic) bond motifs is 1. The van der Waals surface area contributed by atoms with Crippen molar-refractivity contribution in [3.63, 3.8) is 0 Å². The number of unbranched alkanes of at least 4 members (excludes halogenated alkanes) is 4. The van der Waals surface area contributed by atoms with Gasteiger partial charge in [-0.3, -0.25) is 14.4 Å². The molecule has 1 heterocycles. The number of alkyl carbamates (subject to hydrolysis) is 1. The number of nitrogens with zero attached hydrogens (tertiary/aromatic N) is 1. The molecule has 40 heavy (non-hydrogen) atoms. The smallest absolute Gasteiger partial charge is 0.408 e. The molecule has 2 aliphatic rings. The van der Waals surface area contributed by atoms with Crippen LogP contribution in [0.5, 0.6) is 0 Å². The lowest BCUT2D eigenvalue weighted by molar-refractivity contribution is -0.144. The summed E-state index contributed by atoms with van der Waals surface area (Å²) in [5, 5.41) is 5.84. The predicted octanol–water partition coefficient (Wildman–Crippen LogP) is 4.90. The van der Waals surface area contributed by atoms with E-state index in [9.17, 15) is 19.2 Å². The number of hydrogen-bond acceptors (Lipinski definition) is 6. The van der Waals surface area contributed by atoms with Crippen LogP contribution in [0.25, 0.3) is 0 Å². The summed E-state index contributed by atoms with van der Waals surface area (Å²) in [5.74, 6) is -0.713. The summed E-state index contributed by atoms with van der Waals surface area (Å²) < 4.78 is 10.3. The summed E-state index contributed by atoms with van der Waals surface area (Å²) >= 11 is 0. The van der Waals surface area contributed by atoms with E-state index in [4.69, 9.17) is 9.47 Å². The van der Waals surface area contributed by atoms with Crippen LogP contribution in [0.4, 0.5) is 4.79 Å². The van der Waals surface area contributed by atoms with E-state index in [1.54, 1.807) is 25.7 Å². The van der Waals surface area contributed by atoms with Crippen LogP contribution >= 0.6 is 0 Å². The summed E-state index contributed by atoms with van der Waals surface area (Å²) in [6, 6.07) is -1.87. The third kappa shape index (κ3) is 9.37. The van der Waals surface area contributed by atoms with Crippen LogP contribution < -0.4 is 10.6 Å². The van der Waals surface area contributed by atoms with Crippen molar-refractivity contribution in [1.82, 2.24) is 15.5 Å². The molecular weight excluding hydrogens is 510 g/mol. The lowest BCUT2D eigenvalue weighted by atomic mass is 9.98. The van der Waals surface area contributed by atoms with Gasteiger partial charge < -0.3 is 25.0 Å². The number of likely N-dealkylation sites (tertiary alicyclic amines) is 1. The van der Waals surface area contributed by atoms with Gasteiger partial charge >= 0.3 is 12.1 Å². The van der Waals surface area contributed by atoms with Crippen molar-refractivity contribution in [3.8, 4) is 0 Å². The van der Waals surface area contributed by atoms with Gasteiger partial charge in [0.1, 0.15) is 17.7 Å². The molecule has 0 bridgehead atoms. The maximum absolute atomic E-state index is 13.9. The van der Waals surface area contributed by atoms with Crippen molar-refractivity contribution < 1.29 is 28.7 Å². The summed E-state index contributed by atoms with van der Waals surface area (Å²) in [6.45, 7) is 17.5. The van der Waals surface area contributed by atoms with Gasteiger partial charge in [-0.1, -0.05) is 38.8 Å². The van der Waals surface area contributed by atoms with Crippen LogP contribution in [0.1, 0.15) is 92.4 Å². The van der Waals surface area contributed by atoms with Gasteiger partial charge in [-0.15, -0.1) is 13.2 Å². The van der Waals surface area contributed by atoms with Gasteiger partial charge in [0.2, 0.25) is 11.8 Å². The lowest BCUT2D eigenvalue weighted by Crippen LogP contribution is -2.57. The number of rotatable bonds is 16. The third-order valence-electron chi connectivity index (χ3n) is 8.10. The van der Waals surface area contributed by atoms with E-state index >= 15 is 0 Å². The molecule has 0 spiro atoms. The van der Waals surface area contributed by atoms with Crippen molar-refractivity contribution in [1.29, 1.82) is 0 Å². The Kier molecular flexibility index (Phi) is 12.3. The molecule has 0 aromatic rings. The standard InChI is InChI=1S/C31H51N3O6/c1-9-11-13-15-17-21(19-24(35)39-8)32-27(36)26-25-22(31(25,6)7)20-34(26)28(37)23(18-16-14-12-10-2)33-29(38)40-30(3,4)5/h9-10,21-23,25-26H,1-2,11-20H2,3-8H3,(H,32,36)(H,33,38)/t21-,22?,23-,25?,26?/m0/s1. The fourth-order valence-electron chi connectivity index (χ4n) is 5.83. The lowest BCUT2D eigenvalue weighted by Gasteiger charge is -2.34. The van der Waals surface area contributed by atoms with Crippen molar-refractivity contribution in [2.75, 3.05) is 13.7 Å². The molecule has 9 nitrogen and oxygen atoms in total. The molecule has 3 amide bonds. The van der Waals surface area contributed by atoms with E-state index in [1.165, 1.54) is 7.11 Å². The Morgan fingerprint density at radius 1 is 1.00 bits per heavy atom. The van der Waals surface area contributed by atoms with E-state index in [2.05, 4.69) is 37.6 Å². The van der Waals surface area contributed by atoms with Gasteiger partial charge in [-0.2, -0.15) is 0 Å². The molecule has 1 saturated carbocycles. The van der Waals surface area contributed by atoms with E-state index in [-0.39, 0.29) is 41.5 Å². The largest absolute Gasteiger partial charge is 0.469 e. The molecule has 2 rings (SSSR count). The number of nitrogens with one attached hydrogen (secondary N) is 2. The molecule has 0 aromatic heterocycles. The van der Waals surface area contributed by atoms with Crippen LogP contribution in [0, 0.1) is 17.3 Å². The summed E-state index contributed by atoms with van der Waals surface area (Å²) in [7, 11) is 1.33. The quantitative estimate of drug-likeness (QED) is 0.157. The minimum Gasteiger partial charge on any atom is -0.469 e. The Morgan fingerprint density at radius 3 is 2.15 bits per heavy atom. The zero-order valence-electron chi connectivity index (χ0n) is 25.4. The number of piperidine rings is 1. The Labute approximate surface area is 240 Å². The summed E-state index contributed by atoms with van der Waals surface area (Å²) in [5.41, 5.74) is -0.777. The van der Waals surface area contributed by atoms with Gasteiger partial charge in [0.15, 0.2) is 0 Å². The fourth-order valence-corrected chi connectivity index (χ4v) is 5.83. The molecule has 0 radical (unpaired) electrons. The molecule has 226 valence electrons. The van der Waals surface area contributed by atoms with E-state index in [0.717, 1.165) is 32.1 Å². The van der Waals surface area contributed by atoms with Gasteiger partial charge in [-0.05, 0) is 76.5 Å². The van der Waals surface area contributed by atoms with Gasteiger partial charge in [0.25, 0.3) is 0 Å². The fraction of sp³-hybridized carbons (Fsp3) is 0.742. The average molecular weight is 562 g/mol. The highest BCUT2D eigenvalue weighted by Crippen LogP contribution is 2.65. The normalized spacial score (nSPS) is 22.4. The van der Waals surface area contributed by atoms with Crippen molar-refractivity contribution in [3.05, 3.63) is 25.3 Å². The highest BCUT2D eigenvalue weighted by Gasteiger charge is 2.69. The Bertz CT molecular complexity index is 925. The second-order valence-corrected chi connectivity index (χ2v) is 12.7. The molecule has 1 aliphatic heterocycles. The monoisotopic (exact) mass is 561 g/mol. The second kappa shape index (κ2) is 14.7. The van der Waals surface area contributed by atoms with Crippen LogP contribution in [-0.2, 0) is 23.9 Å². The van der Waals surface area contributed by atoms with Crippen LogP contribution in [0.15, 0.2) is 25.3 Å². The van der Waals surface area contributed by atoms with Crippen LogP contribution in [0.2, 0.25) is 0 Å². The molecule has 9 heteroatoms. The summed E-state index contributed by atoms with van der Waals surface area (Å²) in [6.07, 6.45) is 9.12. The molecule has 2 N–H and O–H groups in total. The maximum atomic E-state index is 13.9. The molecule has 2 fully saturated rings. The minimum absolute atomic E-state index is 0.0129. The number of carbonyl (C=O) groups is 4. The van der Waals surface area contributed by atoms with E-state index in [0.29, 0.717) is 25.8 Å². The first kappa shape index (κ1) is 33.4.